The number of hydrogen-bond donors (Lipinski definition) is 1. The summed E-state index contributed by atoms with van der Waals surface area (Å²) in [5.41, 5.74) is -0.955. The van der Waals surface area contributed by atoms with Gasteiger partial charge in [0.15, 0.2) is 0 Å². The largest absolute Gasteiger partial charge is 0.384 e. The normalized spacial score (nSPS) is 34.4. The molecule has 4 atom stereocenters. The Labute approximate surface area is 123 Å². The molecule has 0 aromatic rings. The zero-order valence-corrected chi connectivity index (χ0v) is 13.6. The molecule has 1 saturated heterocycles. The van der Waals surface area contributed by atoms with Crippen molar-refractivity contribution in [3.05, 3.63) is 0 Å². The zero-order valence-electron chi connectivity index (χ0n) is 13.6. The molecule has 1 rings (SSSR count). The average molecular weight is 288 g/mol. The molecule has 3 unspecified atom stereocenters. The van der Waals surface area contributed by atoms with Gasteiger partial charge < -0.3 is 19.3 Å². The minimum absolute atomic E-state index is 0.167. The van der Waals surface area contributed by atoms with Crippen LogP contribution < -0.4 is 0 Å². The van der Waals surface area contributed by atoms with Crippen molar-refractivity contribution in [3.8, 4) is 0 Å². The Balaban J connectivity index is 2.69. The van der Waals surface area contributed by atoms with E-state index >= 15 is 0 Å². The molecule has 20 heavy (non-hydrogen) atoms. The summed E-state index contributed by atoms with van der Waals surface area (Å²) in [6, 6.07) is 0. The maximum Gasteiger partial charge on any atom is 0.119 e. The molecule has 0 saturated carbocycles. The van der Waals surface area contributed by atoms with Gasteiger partial charge in [0.2, 0.25) is 0 Å². The van der Waals surface area contributed by atoms with Gasteiger partial charge in [-0.05, 0) is 26.2 Å². The van der Waals surface area contributed by atoms with Gasteiger partial charge in [-0.1, -0.05) is 33.6 Å². The zero-order chi connectivity index (χ0) is 15.0. The van der Waals surface area contributed by atoms with Crippen molar-refractivity contribution < 1.29 is 19.3 Å². The first-order chi connectivity index (χ1) is 9.60. The van der Waals surface area contributed by atoms with E-state index in [0.29, 0.717) is 26.2 Å². The molecule has 0 amide bonds. The first-order valence-electron chi connectivity index (χ1n) is 8.17. The molecular weight excluding hydrogens is 256 g/mol. The molecular formula is C16H32O4. The molecule has 1 heterocycles. The summed E-state index contributed by atoms with van der Waals surface area (Å²) in [7, 11) is 0. The Morgan fingerprint density at radius 1 is 1.10 bits per heavy atom. The highest BCUT2D eigenvalue weighted by Crippen LogP contribution is 2.33. The molecule has 1 aliphatic heterocycles. The molecule has 4 nitrogen and oxygen atoms in total. The fourth-order valence-corrected chi connectivity index (χ4v) is 2.63. The van der Waals surface area contributed by atoms with E-state index < -0.39 is 5.60 Å². The van der Waals surface area contributed by atoms with Gasteiger partial charge in [-0.3, -0.25) is 0 Å². The minimum atomic E-state index is -0.955. The summed E-state index contributed by atoms with van der Waals surface area (Å²) >= 11 is 0. The molecule has 0 aromatic heterocycles. The van der Waals surface area contributed by atoms with E-state index in [4.69, 9.17) is 14.2 Å². The van der Waals surface area contributed by atoms with Crippen molar-refractivity contribution >= 4 is 0 Å². The second-order valence-corrected chi connectivity index (χ2v) is 5.73. The minimum Gasteiger partial charge on any atom is -0.384 e. The number of hydrogen-bond acceptors (Lipinski definition) is 4. The van der Waals surface area contributed by atoms with Gasteiger partial charge in [0.25, 0.3) is 0 Å². The van der Waals surface area contributed by atoms with Crippen LogP contribution in [-0.2, 0) is 14.2 Å². The maximum absolute atomic E-state index is 10.9. The fraction of sp³-hybridized carbons (Fsp3) is 1.00. The van der Waals surface area contributed by atoms with Gasteiger partial charge in [-0.15, -0.1) is 0 Å². The summed E-state index contributed by atoms with van der Waals surface area (Å²) in [5, 5.41) is 10.9. The molecule has 1 aliphatic rings. The van der Waals surface area contributed by atoms with Crippen LogP contribution in [0.15, 0.2) is 0 Å². The molecule has 120 valence electrons. The summed E-state index contributed by atoms with van der Waals surface area (Å²) in [6.07, 6.45) is 4.15. The van der Waals surface area contributed by atoms with E-state index in [1.807, 2.05) is 13.8 Å². The lowest BCUT2D eigenvalue weighted by Crippen LogP contribution is -2.63. The van der Waals surface area contributed by atoms with Gasteiger partial charge in [0, 0.05) is 13.2 Å². The van der Waals surface area contributed by atoms with E-state index in [0.717, 1.165) is 25.7 Å². The van der Waals surface area contributed by atoms with E-state index in [-0.39, 0.29) is 18.3 Å². The van der Waals surface area contributed by atoms with Crippen molar-refractivity contribution in [2.75, 3.05) is 19.8 Å². The second kappa shape index (κ2) is 8.98. The molecule has 0 aromatic carbocycles. The molecule has 0 radical (unpaired) electrons. The van der Waals surface area contributed by atoms with Crippen molar-refractivity contribution in [3.63, 3.8) is 0 Å². The second-order valence-electron chi connectivity index (χ2n) is 5.73. The van der Waals surface area contributed by atoms with E-state index in [9.17, 15) is 5.11 Å². The van der Waals surface area contributed by atoms with Crippen LogP contribution in [0.5, 0.6) is 0 Å². The van der Waals surface area contributed by atoms with Crippen LogP contribution >= 0.6 is 0 Å². The predicted molar refractivity (Wildman–Crippen MR) is 80.0 cm³/mol. The Morgan fingerprint density at radius 3 is 2.25 bits per heavy atom. The third-order valence-corrected chi connectivity index (χ3v) is 4.24. The van der Waals surface area contributed by atoms with E-state index in [2.05, 4.69) is 13.8 Å². The monoisotopic (exact) mass is 288 g/mol. The van der Waals surface area contributed by atoms with Crippen molar-refractivity contribution in [2.24, 2.45) is 0 Å². The number of aliphatic hydroxyl groups is 1. The molecule has 4 heteroatoms. The van der Waals surface area contributed by atoms with Crippen molar-refractivity contribution in [1.82, 2.24) is 0 Å². The molecule has 0 bridgehead atoms. The summed E-state index contributed by atoms with van der Waals surface area (Å²) in [5.74, 6) is 0. The van der Waals surface area contributed by atoms with Gasteiger partial charge >= 0.3 is 0 Å². The van der Waals surface area contributed by atoms with Crippen LogP contribution in [0.4, 0.5) is 0 Å². The highest BCUT2D eigenvalue weighted by atomic mass is 16.6. The van der Waals surface area contributed by atoms with Crippen LogP contribution in [0.2, 0.25) is 0 Å². The Kier molecular flexibility index (Phi) is 8.03. The van der Waals surface area contributed by atoms with Crippen LogP contribution in [0.1, 0.15) is 59.8 Å². The highest BCUT2D eigenvalue weighted by molar-refractivity contribution is 4.99. The van der Waals surface area contributed by atoms with E-state index in [1.54, 1.807) is 0 Å². The van der Waals surface area contributed by atoms with Crippen LogP contribution in [0.25, 0.3) is 0 Å². The summed E-state index contributed by atoms with van der Waals surface area (Å²) in [4.78, 5) is 0. The lowest BCUT2D eigenvalue weighted by Gasteiger charge is -2.47. The molecule has 1 N–H and O–H groups in total. The fourth-order valence-electron chi connectivity index (χ4n) is 2.63. The van der Waals surface area contributed by atoms with Crippen LogP contribution in [0, 0.1) is 0 Å². The Morgan fingerprint density at radius 2 is 1.70 bits per heavy atom. The van der Waals surface area contributed by atoms with Gasteiger partial charge in [-0.25, -0.2) is 0 Å². The third-order valence-electron chi connectivity index (χ3n) is 4.24. The van der Waals surface area contributed by atoms with Crippen molar-refractivity contribution in [1.29, 1.82) is 0 Å². The van der Waals surface area contributed by atoms with Gasteiger partial charge in [-0.2, -0.15) is 0 Å². The summed E-state index contributed by atoms with van der Waals surface area (Å²) in [6.45, 7) is 10.0. The Bertz CT molecular complexity index is 259. The first-order valence-corrected chi connectivity index (χ1v) is 8.17. The third kappa shape index (κ3) is 4.42. The molecule has 0 aliphatic carbocycles. The highest BCUT2D eigenvalue weighted by Gasteiger charge is 2.50. The lowest BCUT2D eigenvalue weighted by atomic mass is 9.83. The topological polar surface area (TPSA) is 47.9 Å². The lowest BCUT2D eigenvalue weighted by molar-refractivity contribution is -0.261. The molecule has 1 fully saturated rings. The standard InChI is InChI=1S/C16H32O4/c1-5-8-10-18-14-12-20-13(4)16(17,7-3)15(14)19-11-9-6-2/h13-15,17H,5-12H2,1-4H3/t13?,14?,15?,16-/m1/s1. The number of ether oxygens (including phenoxy) is 3. The van der Waals surface area contributed by atoms with E-state index in [1.165, 1.54) is 0 Å². The average Bonchev–Trinajstić information content (AvgIpc) is 2.46. The first kappa shape index (κ1) is 17.9. The van der Waals surface area contributed by atoms with Crippen LogP contribution in [0.3, 0.4) is 0 Å². The Hall–Kier alpha value is -0.160. The smallest absolute Gasteiger partial charge is 0.119 e. The number of unbranched alkanes of at least 4 members (excludes halogenated alkanes) is 2. The predicted octanol–water partition coefficient (Wildman–Crippen LogP) is 2.92. The van der Waals surface area contributed by atoms with Crippen LogP contribution in [-0.4, -0.2) is 48.8 Å². The maximum atomic E-state index is 10.9. The number of rotatable bonds is 9. The quantitative estimate of drug-likeness (QED) is 0.663. The molecule has 0 spiro atoms. The van der Waals surface area contributed by atoms with Gasteiger partial charge in [0.1, 0.15) is 17.8 Å². The van der Waals surface area contributed by atoms with Crippen molar-refractivity contribution in [2.45, 2.75) is 83.7 Å². The van der Waals surface area contributed by atoms with Gasteiger partial charge in [0.05, 0.1) is 12.7 Å². The summed E-state index contributed by atoms with van der Waals surface area (Å²) < 4.78 is 17.6. The SMILES string of the molecule is CCCCOC1COC(C)[C@](O)(CC)C1OCCCC.